The topological polar surface area (TPSA) is 52.3 Å². The van der Waals surface area contributed by atoms with Crippen LogP contribution in [0.2, 0.25) is 0 Å². The van der Waals surface area contributed by atoms with Crippen molar-refractivity contribution in [2.75, 3.05) is 6.61 Å². The fourth-order valence-corrected chi connectivity index (χ4v) is 1.36. The number of hydrogen-bond donors (Lipinski definition) is 1. The standard InChI is InChI=1S/C10H9NO2.ClH/c11-10(12)8-3-1-5-9-7(8)4-2-6-13-9;/h1-5H,6H2,(H2,11,12);1H. The van der Waals surface area contributed by atoms with Crippen molar-refractivity contribution in [3.05, 3.63) is 35.4 Å². The van der Waals surface area contributed by atoms with Crippen LogP contribution in [0.3, 0.4) is 0 Å². The van der Waals surface area contributed by atoms with Crippen molar-refractivity contribution < 1.29 is 9.53 Å². The maximum absolute atomic E-state index is 11.0. The van der Waals surface area contributed by atoms with Crippen molar-refractivity contribution in [3.63, 3.8) is 0 Å². The maximum atomic E-state index is 11.0. The third-order valence-electron chi connectivity index (χ3n) is 1.95. The lowest BCUT2D eigenvalue weighted by Gasteiger charge is -2.13. The van der Waals surface area contributed by atoms with E-state index in [2.05, 4.69) is 0 Å². The average Bonchev–Trinajstić information content (AvgIpc) is 2.17. The van der Waals surface area contributed by atoms with Gasteiger partial charge in [-0.25, -0.2) is 0 Å². The summed E-state index contributed by atoms with van der Waals surface area (Å²) in [6, 6.07) is 5.28. The zero-order valence-corrected chi connectivity index (χ0v) is 8.21. The van der Waals surface area contributed by atoms with Crippen molar-refractivity contribution in [2.24, 2.45) is 5.73 Å². The molecule has 1 amide bonds. The van der Waals surface area contributed by atoms with Gasteiger partial charge in [0.2, 0.25) is 5.91 Å². The molecule has 0 saturated heterocycles. The summed E-state index contributed by atoms with van der Waals surface area (Å²) in [5.41, 5.74) is 6.50. The van der Waals surface area contributed by atoms with Crippen molar-refractivity contribution in [3.8, 4) is 5.75 Å². The SMILES string of the molecule is Cl.NC(=O)c1cccc2c1C=CCO2. The first kappa shape index (κ1) is 10.6. The molecule has 0 aromatic heterocycles. The van der Waals surface area contributed by atoms with Gasteiger partial charge in [0.25, 0.3) is 0 Å². The quantitative estimate of drug-likeness (QED) is 0.768. The minimum atomic E-state index is -0.424. The number of nitrogens with two attached hydrogens (primary N) is 1. The summed E-state index contributed by atoms with van der Waals surface area (Å²) in [6.07, 6.45) is 3.72. The lowest BCUT2D eigenvalue weighted by atomic mass is 10.0. The number of carbonyl (C=O) groups excluding carboxylic acids is 1. The van der Waals surface area contributed by atoms with Gasteiger partial charge in [0, 0.05) is 5.56 Å². The third-order valence-corrected chi connectivity index (χ3v) is 1.95. The van der Waals surface area contributed by atoms with E-state index in [9.17, 15) is 4.79 Å². The molecular formula is C10H10ClNO2. The molecule has 0 aliphatic carbocycles. The Bertz CT molecular complexity index is 388. The summed E-state index contributed by atoms with van der Waals surface area (Å²) in [4.78, 5) is 11.0. The van der Waals surface area contributed by atoms with Gasteiger partial charge < -0.3 is 10.5 Å². The summed E-state index contributed by atoms with van der Waals surface area (Å²) >= 11 is 0. The Balaban J connectivity index is 0.000000980. The zero-order chi connectivity index (χ0) is 9.26. The normalized spacial score (nSPS) is 12.3. The fraction of sp³-hybridized carbons (Fsp3) is 0.100. The molecular weight excluding hydrogens is 202 g/mol. The number of amides is 1. The lowest BCUT2D eigenvalue weighted by molar-refractivity contribution is 0.0999. The number of ether oxygens (including phenoxy) is 1. The Kier molecular flexibility index (Phi) is 3.14. The Labute approximate surface area is 88.0 Å². The average molecular weight is 212 g/mol. The molecule has 1 aromatic carbocycles. The van der Waals surface area contributed by atoms with E-state index in [-0.39, 0.29) is 12.4 Å². The van der Waals surface area contributed by atoms with E-state index in [4.69, 9.17) is 10.5 Å². The van der Waals surface area contributed by atoms with Crippen LogP contribution < -0.4 is 10.5 Å². The maximum Gasteiger partial charge on any atom is 0.249 e. The predicted octanol–water partition coefficient (Wildman–Crippen LogP) is 1.61. The minimum absolute atomic E-state index is 0. The lowest BCUT2D eigenvalue weighted by Crippen LogP contribution is -2.14. The van der Waals surface area contributed by atoms with E-state index in [1.54, 1.807) is 12.1 Å². The highest BCUT2D eigenvalue weighted by Gasteiger charge is 2.12. The molecule has 2 N–H and O–H groups in total. The first-order chi connectivity index (χ1) is 6.29. The number of carbonyl (C=O) groups is 1. The summed E-state index contributed by atoms with van der Waals surface area (Å²) in [5.74, 6) is 0.297. The molecule has 0 spiro atoms. The molecule has 3 nitrogen and oxygen atoms in total. The summed E-state index contributed by atoms with van der Waals surface area (Å²) in [6.45, 7) is 0.551. The van der Waals surface area contributed by atoms with Crippen molar-refractivity contribution in [2.45, 2.75) is 0 Å². The van der Waals surface area contributed by atoms with E-state index in [0.717, 1.165) is 11.3 Å². The van der Waals surface area contributed by atoms with Gasteiger partial charge >= 0.3 is 0 Å². The van der Waals surface area contributed by atoms with Crippen molar-refractivity contribution in [1.29, 1.82) is 0 Å². The predicted molar refractivity (Wildman–Crippen MR) is 56.7 cm³/mol. The van der Waals surface area contributed by atoms with Gasteiger partial charge in [-0.1, -0.05) is 12.1 Å². The summed E-state index contributed by atoms with van der Waals surface area (Å²) < 4.78 is 5.32. The summed E-state index contributed by atoms with van der Waals surface area (Å²) in [5, 5.41) is 0. The number of halogens is 1. The van der Waals surface area contributed by atoms with E-state index < -0.39 is 5.91 Å². The molecule has 1 heterocycles. The second-order valence-corrected chi connectivity index (χ2v) is 2.80. The smallest absolute Gasteiger partial charge is 0.249 e. The van der Waals surface area contributed by atoms with Crippen molar-refractivity contribution in [1.82, 2.24) is 0 Å². The number of hydrogen-bond acceptors (Lipinski definition) is 2. The molecule has 0 fully saturated rings. The third kappa shape index (κ3) is 1.72. The van der Waals surface area contributed by atoms with E-state index >= 15 is 0 Å². The second-order valence-electron chi connectivity index (χ2n) is 2.80. The fourth-order valence-electron chi connectivity index (χ4n) is 1.36. The van der Waals surface area contributed by atoms with Gasteiger partial charge in [-0.15, -0.1) is 12.4 Å². The molecule has 1 aliphatic heterocycles. The highest BCUT2D eigenvalue weighted by molar-refractivity contribution is 5.97. The van der Waals surface area contributed by atoms with Crippen LogP contribution >= 0.6 is 12.4 Å². The molecule has 0 saturated carbocycles. The first-order valence-electron chi connectivity index (χ1n) is 4.01. The van der Waals surface area contributed by atoms with Crippen LogP contribution in [0, 0.1) is 0 Å². The highest BCUT2D eigenvalue weighted by atomic mass is 35.5. The minimum Gasteiger partial charge on any atom is -0.489 e. The van der Waals surface area contributed by atoms with Gasteiger partial charge in [0.1, 0.15) is 12.4 Å². The molecule has 0 atom stereocenters. The molecule has 14 heavy (non-hydrogen) atoms. The Morgan fingerprint density at radius 2 is 2.21 bits per heavy atom. The Morgan fingerprint density at radius 1 is 1.43 bits per heavy atom. The van der Waals surface area contributed by atoms with Gasteiger partial charge in [0.15, 0.2) is 0 Å². The second kappa shape index (κ2) is 4.15. The van der Waals surface area contributed by atoms with Crippen LogP contribution in [-0.4, -0.2) is 12.5 Å². The van der Waals surface area contributed by atoms with Gasteiger partial charge in [-0.05, 0) is 18.2 Å². The van der Waals surface area contributed by atoms with Crippen LogP contribution in [-0.2, 0) is 0 Å². The van der Waals surface area contributed by atoms with E-state index in [1.807, 2.05) is 18.2 Å². The molecule has 2 rings (SSSR count). The Hall–Kier alpha value is -1.48. The number of rotatable bonds is 1. The molecule has 74 valence electrons. The van der Waals surface area contributed by atoms with Crippen LogP contribution in [0.25, 0.3) is 6.08 Å². The monoisotopic (exact) mass is 211 g/mol. The van der Waals surface area contributed by atoms with Gasteiger partial charge in [-0.3, -0.25) is 4.79 Å². The number of primary amides is 1. The molecule has 1 aromatic rings. The van der Waals surface area contributed by atoms with Crippen LogP contribution in [0.15, 0.2) is 24.3 Å². The molecule has 0 unspecified atom stereocenters. The zero-order valence-electron chi connectivity index (χ0n) is 7.40. The van der Waals surface area contributed by atoms with Gasteiger partial charge in [-0.2, -0.15) is 0 Å². The highest BCUT2D eigenvalue weighted by Crippen LogP contribution is 2.26. The first-order valence-corrected chi connectivity index (χ1v) is 4.01. The Morgan fingerprint density at radius 3 is 2.93 bits per heavy atom. The molecule has 0 radical (unpaired) electrons. The van der Waals surface area contributed by atoms with Crippen LogP contribution in [0.1, 0.15) is 15.9 Å². The molecule has 4 heteroatoms. The van der Waals surface area contributed by atoms with E-state index in [1.165, 1.54) is 0 Å². The largest absolute Gasteiger partial charge is 0.489 e. The van der Waals surface area contributed by atoms with Crippen molar-refractivity contribution >= 4 is 24.4 Å². The van der Waals surface area contributed by atoms with Crippen LogP contribution in [0.5, 0.6) is 5.75 Å². The van der Waals surface area contributed by atoms with Gasteiger partial charge in [0.05, 0.1) is 5.56 Å². The molecule has 0 bridgehead atoms. The van der Waals surface area contributed by atoms with Crippen LogP contribution in [0.4, 0.5) is 0 Å². The summed E-state index contributed by atoms with van der Waals surface area (Å²) in [7, 11) is 0. The molecule has 1 aliphatic rings. The number of benzene rings is 1. The van der Waals surface area contributed by atoms with E-state index in [0.29, 0.717) is 12.2 Å². The number of fused-ring (bicyclic) bond motifs is 1.